The van der Waals surface area contributed by atoms with E-state index in [-0.39, 0.29) is 0 Å². The number of nitrogens with zero attached hydrogens (tertiary/aromatic N) is 2. The van der Waals surface area contributed by atoms with E-state index in [9.17, 15) is 0 Å². The molecule has 2 aromatic rings. The van der Waals surface area contributed by atoms with Crippen molar-refractivity contribution in [3.05, 3.63) is 59.8 Å². The van der Waals surface area contributed by atoms with Gasteiger partial charge >= 0.3 is 0 Å². The smallest absolute Gasteiger partial charge is 0.125 e. The van der Waals surface area contributed by atoms with Gasteiger partial charge in [0.05, 0.1) is 0 Å². The molecule has 0 bridgehead atoms. The van der Waals surface area contributed by atoms with E-state index in [1.807, 2.05) is 19.3 Å². The Morgan fingerprint density at radius 3 is 2.75 bits per heavy atom. The van der Waals surface area contributed by atoms with Crippen LogP contribution in [0.15, 0.2) is 48.7 Å². The van der Waals surface area contributed by atoms with Gasteiger partial charge in [-0.15, -0.1) is 0 Å². The quantitative estimate of drug-likeness (QED) is 0.922. The van der Waals surface area contributed by atoms with Crippen LogP contribution in [0.2, 0.25) is 0 Å². The zero-order chi connectivity index (χ0) is 13.8. The molecule has 0 amide bonds. The molecule has 0 saturated carbocycles. The summed E-state index contributed by atoms with van der Waals surface area (Å²) in [5, 5.41) is 3.05. The Balaban J connectivity index is 1.60. The topological polar surface area (TPSA) is 28.2 Å². The van der Waals surface area contributed by atoms with Crippen LogP contribution in [-0.2, 0) is 6.54 Å². The maximum atomic E-state index is 4.38. The summed E-state index contributed by atoms with van der Waals surface area (Å²) in [7, 11) is 1.90. The molecule has 3 nitrogen and oxygen atoms in total. The van der Waals surface area contributed by atoms with E-state index >= 15 is 0 Å². The van der Waals surface area contributed by atoms with E-state index in [1.165, 1.54) is 24.1 Å². The normalized spacial score (nSPS) is 19.1. The fourth-order valence-corrected chi connectivity index (χ4v) is 2.90. The summed E-state index contributed by atoms with van der Waals surface area (Å²) in [6.07, 6.45) is 3.23. The molecule has 1 unspecified atom stereocenters. The van der Waals surface area contributed by atoms with Crippen LogP contribution in [0.25, 0.3) is 0 Å². The molecule has 0 radical (unpaired) electrons. The molecule has 1 saturated heterocycles. The van der Waals surface area contributed by atoms with Crippen LogP contribution in [0.4, 0.5) is 5.82 Å². The number of likely N-dealkylation sites (tertiary alicyclic amines) is 1. The maximum absolute atomic E-state index is 4.38. The third kappa shape index (κ3) is 2.99. The van der Waals surface area contributed by atoms with Gasteiger partial charge in [0.1, 0.15) is 5.82 Å². The Morgan fingerprint density at radius 1 is 1.20 bits per heavy atom. The van der Waals surface area contributed by atoms with Crippen molar-refractivity contribution < 1.29 is 0 Å². The lowest BCUT2D eigenvalue weighted by molar-refractivity contribution is 0.326. The first kappa shape index (κ1) is 13.1. The number of pyridine rings is 1. The van der Waals surface area contributed by atoms with Gasteiger partial charge in [0, 0.05) is 26.3 Å². The first-order valence-corrected chi connectivity index (χ1v) is 7.25. The van der Waals surface area contributed by atoms with Crippen LogP contribution >= 0.6 is 0 Å². The van der Waals surface area contributed by atoms with Crippen LogP contribution in [0, 0.1) is 0 Å². The highest BCUT2D eigenvalue weighted by Crippen LogP contribution is 2.27. The minimum atomic E-state index is 0.681. The van der Waals surface area contributed by atoms with Gasteiger partial charge in [0.15, 0.2) is 0 Å². The number of nitrogens with one attached hydrogen (secondary N) is 1. The van der Waals surface area contributed by atoms with Crippen LogP contribution in [0.3, 0.4) is 0 Å². The molecule has 1 aliphatic rings. The summed E-state index contributed by atoms with van der Waals surface area (Å²) in [4.78, 5) is 6.90. The van der Waals surface area contributed by atoms with Gasteiger partial charge in [-0.25, -0.2) is 4.98 Å². The number of rotatable bonds is 4. The molecule has 1 atom stereocenters. The van der Waals surface area contributed by atoms with E-state index in [0.717, 1.165) is 18.9 Å². The van der Waals surface area contributed by atoms with Crippen LogP contribution in [0.1, 0.15) is 23.5 Å². The molecule has 3 heteroatoms. The largest absolute Gasteiger partial charge is 0.373 e. The molecule has 1 aromatic carbocycles. The number of anilines is 1. The van der Waals surface area contributed by atoms with Crippen molar-refractivity contribution in [3.63, 3.8) is 0 Å². The number of aromatic nitrogens is 1. The summed E-state index contributed by atoms with van der Waals surface area (Å²) >= 11 is 0. The zero-order valence-electron chi connectivity index (χ0n) is 11.9. The average Bonchev–Trinajstić information content (AvgIpc) is 2.97. The summed E-state index contributed by atoms with van der Waals surface area (Å²) in [6, 6.07) is 15.1. The van der Waals surface area contributed by atoms with Crippen molar-refractivity contribution in [1.29, 1.82) is 0 Å². The van der Waals surface area contributed by atoms with Gasteiger partial charge in [0.2, 0.25) is 0 Å². The maximum Gasteiger partial charge on any atom is 0.125 e. The van der Waals surface area contributed by atoms with Gasteiger partial charge in [-0.2, -0.15) is 0 Å². The van der Waals surface area contributed by atoms with Crippen LogP contribution < -0.4 is 5.32 Å². The average molecular weight is 267 g/mol. The standard InChI is InChI=1S/C17H21N3/c1-18-17-8-7-14(11-19-17)12-20-10-9-16(13-20)15-5-3-2-4-6-15/h2-8,11,16H,9-10,12-13H2,1H3,(H,18,19). The van der Waals surface area contributed by atoms with E-state index in [1.54, 1.807) is 0 Å². The first-order chi connectivity index (χ1) is 9.85. The van der Waals surface area contributed by atoms with Crippen molar-refractivity contribution in [1.82, 2.24) is 9.88 Å². The van der Waals surface area contributed by atoms with E-state index in [0.29, 0.717) is 5.92 Å². The highest BCUT2D eigenvalue weighted by atomic mass is 15.1. The Labute approximate surface area is 120 Å². The Hall–Kier alpha value is -1.87. The lowest BCUT2D eigenvalue weighted by Gasteiger charge is -2.16. The molecule has 104 valence electrons. The van der Waals surface area contributed by atoms with Gasteiger partial charge in [-0.1, -0.05) is 36.4 Å². The number of benzene rings is 1. The Morgan fingerprint density at radius 2 is 2.05 bits per heavy atom. The Bertz CT molecular complexity index is 536. The van der Waals surface area contributed by atoms with E-state index < -0.39 is 0 Å². The van der Waals surface area contributed by atoms with Crippen molar-refractivity contribution in [2.24, 2.45) is 0 Å². The molecule has 1 aromatic heterocycles. The molecule has 0 aliphatic carbocycles. The molecule has 0 spiro atoms. The third-order valence-corrected chi connectivity index (χ3v) is 4.03. The highest BCUT2D eigenvalue weighted by molar-refractivity contribution is 5.34. The predicted octanol–water partition coefficient (Wildman–Crippen LogP) is 3.11. The lowest BCUT2D eigenvalue weighted by atomic mass is 9.99. The van der Waals surface area contributed by atoms with Gasteiger partial charge in [-0.3, -0.25) is 4.90 Å². The first-order valence-electron chi connectivity index (χ1n) is 7.25. The summed E-state index contributed by atoms with van der Waals surface area (Å²) in [6.45, 7) is 3.32. The zero-order valence-corrected chi connectivity index (χ0v) is 11.9. The van der Waals surface area contributed by atoms with Crippen LogP contribution in [-0.4, -0.2) is 30.0 Å². The molecular weight excluding hydrogens is 246 g/mol. The molecule has 20 heavy (non-hydrogen) atoms. The predicted molar refractivity (Wildman–Crippen MR) is 82.9 cm³/mol. The fraction of sp³-hybridized carbons (Fsp3) is 0.353. The molecule has 1 N–H and O–H groups in total. The second-order valence-corrected chi connectivity index (χ2v) is 5.43. The number of hydrogen-bond acceptors (Lipinski definition) is 3. The van der Waals surface area contributed by atoms with Gasteiger partial charge < -0.3 is 5.32 Å². The van der Waals surface area contributed by atoms with Gasteiger partial charge in [-0.05, 0) is 36.1 Å². The SMILES string of the molecule is CNc1ccc(CN2CCC(c3ccccc3)C2)cn1. The second kappa shape index (κ2) is 6.06. The van der Waals surface area contributed by atoms with Crippen molar-refractivity contribution in [3.8, 4) is 0 Å². The molecule has 1 aliphatic heterocycles. The molecule has 3 rings (SSSR count). The molecule has 1 fully saturated rings. The van der Waals surface area contributed by atoms with Gasteiger partial charge in [0.25, 0.3) is 0 Å². The lowest BCUT2D eigenvalue weighted by Crippen LogP contribution is -2.19. The number of hydrogen-bond donors (Lipinski definition) is 1. The summed E-state index contributed by atoms with van der Waals surface area (Å²) < 4.78 is 0. The molecule has 2 heterocycles. The fourth-order valence-electron chi connectivity index (χ4n) is 2.90. The summed E-state index contributed by atoms with van der Waals surface area (Å²) in [5.74, 6) is 1.61. The minimum Gasteiger partial charge on any atom is -0.373 e. The van der Waals surface area contributed by atoms with Crippen LogP contribution in [0.5, 0.6) is 0 Å². The monoisotopic (exact) mass is 267 g/mol. The van der Waals surface area contributed by atoms with Crippen molar-refractivity contribution in [2.45, 2.75) is 18.9 Å². The highest BCUT2D eigenvalue weighted by Gasteiger charge is 2.23. The summed E-state index contributed by atoms with van der Waals surface area (Å²) in [5.41, 5.74) is 2.76. The Kier molecular flexibility index (Phi) is 3.97. The van der Waals surface area contributed by atoms with Crippen molar-refractivity contribution >= 4 is 5.82 Å². The van der Waals surface area contributed by atoms with E-state index in [4.69, 9.17) is 0 Å². The second-order valence-electron chi connectivity index (χ2n) is 5.43. The van der Waals surface area contributed by atoms with Crippen molar-refractivity contribution in [2.75, 3.05) is 25.5 Å². The van der Waals surface area contributed by atoms with E-state index in [2.05, 4.69) is 51.6 Å². The minimum absolute atomic E-state index is 0.681. The third-order valence-electron chi connectivity index (χ3n) is 4.03. The molecular formula is C17H21N3.